The average Bonchev–Trinajstić information content (AvgIpc) is 2.44. The number of rotatable bonds is 3. The Kier molecular flexibility index (Phi) is 3.87. The van der Waals surface area contributed by atoms with Crippen LogP contribution in [0.1, 0.15) is 12.8 Å². The standard InChI is InChI=1S/C15H20N2O2/c1-4-15(7-9-17(2)10-8-15)19-14-6-5-12(18-3)11-13(14)16/h1,5-6,11H,7-10,16H2,2-3H3. The highest BCUT2D eigenvalue weighted by molar-refractivity contribution is 5.56. The zero-order valence-electron chi connectivity index (χ0n) is 11.5. The van der Waals surface area contributed by atoms with Gasteiger partial charge in [-0.1, -0.05) is 5.92 Å². The van der Waals surface area contributed by atoms with Gasteiger partial charge >= 0.3 is 0 Å². The number of benzene rings is 1. The third-order valence-corrected chi connectivity index (χ3v) is 3.58. The fourth-order valence-electron chi connectivity index (χ4n) is 2.21. The Morgan fingerprint density at radius 3 is 2.58 bits per heavy atom. The van der Waals surface area contributed by atoms with Gasteiger partial charge in [0.2, 0.25) is 0 Å². The van der Waals surface area contributed by atoms with E-state index in [1.54, 1.807) is 13.2 Å². The molecule has 4 heteroatoms. The molecular weight excluding hydrogens is 240 g/mol. The topological polar surface area (TPSA) is 47.7 Å². The van der Waals surface area contributed by atoms with Crippen molar-refractivity contribution in [3.8, 4) is 23.8 Å². The fraction of sp³-hybridized carbons (Fsp3) is 0.467. The van der Waals surface area contributed by atoms with Crippen LogP contribution >= 0.6 is 0 Å². The van der Waals surface area contributed by atoms with Crippen molar-refractivity contribution in [2.45, 2.75) is 18.4 Å². The van der Waals surface area contributed by atoms with E-state index in [0.717, 1.165) is 25.9 Å². The Balaban J connectivity index is 2.17. The third kappa shape index (κ3) is 2.94. The minimum Gasteiger partial charge on any atom is -0.497 e. The molecular formula is C15H20N2O2. The molecule has 1 fully saturated rings. The van der Waals surface area contributed by atoms with E-state index in [2.05, 4.69) is 17.9 Å². The van der Waals surface area contributed by atoms with E-state index in [1.165, 1.54) is 0 Å². The van der Waals surface area contributed by atoms with E-state index in [1.807, 2.05) is 12.1 Å². The lowest BCUT2D eigenvalue weighted by Gasteiger charge is -2.37. The first-order chi connectivity index (χ1) is 9.08. The number of ether oxygens (including phenoxy) is 2. The van der Waals surface area contributed by atoms with Crippen LogP contribution in [0.15, 0.2) is 18.2 Å². The Morgan fingerprint density at radius 2 is 2.05 bits per heavy atom. The number of nitrogens with two attached hydrogens (primary N) is 1. The van der Waals surface area contributed by atoms with Crippen molar-refractivity contribution >= 4 is 5.69 Å². The van der Waals surface area contributed by atoms with Gasteiger partial charge < -0.3 is 20.1 Å². The smallest absolute Gasteiger partial charge is 0.171 e. The third-order valence-electron chi connectivity index (χ3n) is 3.58. The van der Waals surface area contributed by atoms with Gasteiger partial charge in [0.1, 0.15) is 11.5 Å². The normalized spacial score (nSPS) is 18.6. The van der Waals surface area contributed by atoms with Crippen LogP contribution in [0.2, 0.25) is 0 Å². The second-order valence-electron chi connectivity index (χ2n) is 4.95. The van der Waals surface area contributed by atoms with Gasteiger partial charge in [-0.2, -0.15) is 0 Å². The number of likely N-dealkylation sites (tertiary alicyclic amines) is 1. The van der Waals surface area contributed by atoms with E-state index in [-0.39, 0.29) is 0 Å². The molecule has 0 aromatic heterocycles. The molecule has 1 aliphatic heterocycles. The largest absolute Gasteiger partial charge is 0.497 e. The van der Waals surface area contributed by atoms with Gasteiger partial charge in [0.25, 0.3) is 0 Å². The predicted molar refractivity (Wildman–Crippen MR) is 76.3 cm³/mol. The van der Waals surface area contributed by atoms with Gasteiger partial charge in [-0.05, 0) is 19.2 Å². The number of hydrogen-bond donors (Lipinski definition) is 1. The minimum atomic E-state index is -0.546. The van der Waals surface area contributed by atoms with E-state index < -0.39 is 5.60 Å². The number of terminal acetylenes is 1. The summed E-state index contributed by atoms with van der Waals surface area (Å²) in [5.74, 6) is 4.15. The number of nitrogen functional groups attached to an aromatic ring is 1. The van der Waals surface area contributed by atoms with Crippen LogP contribution < -0.4 is 15.2 Å². The molecule has 0 spiro atoms. The summed E-state index contributed by atoms with van der Waals surface area (Å²) in [5, 5.41) is 0. The molecule has 1 heterocycles. The van der Waals surface area contributed by atoms with E-state index in [0.29, 0.717) is 17.2 Å². The molecule has 1 aliphatic rings. The summed E-state index contributed by atoms with van der Waals surface area (Å²) in [6, 6.07) is 5.38. The molecule has 0 amide bonds. The monoisotopic (exact) mass is 260 g/mol. The zero-order chi connectivity index (χ0) is 13.9. The number of anilines is 1. The van der Waals surface area contributed by atoms with E-state index >= 15 is 0 Å². The van der Waals surface area contributed by atoms with Crippen molar-refractivity contribution < 1.29 is 9.47 Å². The summed E-state index contributed by atoms with van der Waals surface area (Å²) in [6.07, 6.45) is 7.30. The van der Waals surface area contributed by atoms with Crippen LogP contribution in [0.25, 0.3) is 0 Å². The summed E-state index contributed by atoms with van der Waals surface area (Å²) < 4.78 is 11.2. The van der Waals surface area contributed by atoms with Gasteiger partial charge in [-0.3, -0.25) is 0 Å². The molecule has 19 heavy (non-hydrogen) atoms. The second-order valence-corrected chi connectivity index (χ2v) is 4.95. The molecule has 4 nitrogen and oxygen atoms in total. The predicted octanol–water partition coefficient (Wildman–Crippen LogP) is 1.75. The van der Waals surface area contributed by atoms with E-state index in [4.69, 9.17) is 21.6 Å². The first-order valence-electron chi connectivity index (χ1n) is 6.37. The van der Waals surface area contributed by atoms with E-state index in [9.17, 15) is 0 Å². The fourth-order valence-corrected chi connectivity index (χ4v) is 2.21. The van der Waals surface area contributed by atoms with Crippen LogP contribution in [0.3, 0.4) is 0 Å². The lowest BCUT2D eigenvalue weighted by Crippen LogP contribution is -2.45. The maximum atomic E-state index is 6.03. The van der Waals surface area contributed by atoms with Crippen molar-refractivity contribution in [3.63, 3.8) is 0 Å². The lowest BCUT2D eigenvalue weighted by atomic mass is 9.92. The average molecular weight is 260 g/mol. The van der Waals surface area contributed by atoms with Crippen molar-refractivity contribution in [2.24, 2.45) is 0 Å². The summed E-state index contributed by atoms with van der Waals surface area (Å²) in [4.78, 5) is 2.25. The first-order valence-corrected chi connectivity index (χ1v) is 6.37. The summed E-state index contributed by atoms with van der Waals surface area (Å²) in [6.45, 7) is 1.86. The molecule has 102 valence electrons. The lowest BCUT2D eigenvalue weighted by molar-refractivity contribution is 0.0581. The molecule has 0 bridgehead atoms. The molecule has 2 rings (SSSR count). The van der Waals surface area contributed by atoms with Crippen molar-refractivity contribution in [3.05, 3.63) is 18.2 Å². The molecule has 2 N–H and O–H groups in total. The maximum absolute atomic E-state index is 6.03. The van der Waals surface area contributed by atoms with Gasteiger partial charge in [0, 0.05) is 32.0 Å². The van der Waals surface area contributed by atoms with Gasteiger partial charge in [0.15, 0.2) is 5.60 Å². The number of hydrogen-bond acceptors (Lipinski definition) is 4. The minimum absolute atomic E-state index is 0.546. The number of piperidine rings is 1. The van der Waals surface area contributed by atoms with Gasteiger partial charge in [-0.25, -0.2) is 0 Å². The Bertz CT molecular complexity index is 485. The van der Waals surface area contributed by atoms with Crippen molar-refractivity contribution in [1.82, 2.24) is 4.90 Å². The Labute approximate surface area is 114 Å². The van der Waals surface area contributed by atoms with Gasteiger partial charge in [0.05, 0.1) is 12.8 Å². The van der Waals surface area contributed by atoms with Crippen LogP contribution in [0.4, 0.5) is 5.69 Å². The molecule has 0 saturated carbocycles. The molecule has 0 unspecified atom stereocenters. The van der Waals surface area contributed by atoms with Crippen LogP contribution in [0.5, 0.6) is 11.5 Å². The highest BCUT2D eigenvalue weighted by Crippen LogP contribution is 2.33. The molecule has 0 radical (unpaired) electrons. The number of methoxy groups -OCH3 is 1. The van der Waals surface area contributed by atoms with Crippen molar-refractivity contribution in [2.75, 3.05) is 33.0 Å². The maximum Gasteiger partial charge on any atom is 0.171 e. The quantitative estimate of drug-likeness (QED) is 0.664. The summed E-state index contributed by atoms with van der Waals surface area (Å²) >= 11 is 0. The van der Waals surface area contributed by atoms with Crippen molar-refractivity contribution in [1.29, 1.82) is 0 Å². The molecule has 1 aromatic rings. The summed E-state index contributed by atoms with van der Waals surface area (Å²) in [7, 11) is 3.69. The molecule has 1 saturated heterocycles. The van der Waals surface area contributed by atoms with Gasteiger partial charge in [-0.15, -0.1) is 6.42 Å². The molecule has 1 aromatic carbocycles. The Hall–Kier alpha value is -1.86. The summed E-state index contributed by atoms with van der Waals surface area (Å²) in [5.41, 5.74) is 5.97. The molecule has 0 atom stereocenters. The first kappa shape index (κ1) is 13.6. The van der Waals surface area contributed by atoms with Crippen LogP contribution in [0, 0.1) is 12.3 Å². The second kappa shape index (κ2) is 5.41. The molecule has 0 aliphatic carbocycles. The van der Waals surface area contributed by atoms with Crippen LogP contribution in [-0.2, 0) is 0 Å². The Morgan fingerprint density at radius 1 is 1.37 bits per heavy atom. The number of nitrogens with zero attached hydrogens (tertiary/aromatic N) is 1. The highest BCUT2D eigenvalue weighted by Gasteiger charge is 2.34. The SMILES string of the molecule is C#CC1(Oc2ccc(OC)cc2N)CCN(C)CC1. The zero-order valence-corrected chi connectivity index (χ0v) is 11.5. The van der Waals surface area contributed by atoms with Crippen LogP contribution in [-0.4, -0.2) is 37.7 Å². The highest BCUT2D eigenvalue weighted by atomic mass is 16.5.